The molecule has 0 saturated carbocycles. The van der Waals surface area contributed by atoms with Gasteiger partial charge in [-0.1, -0.05) is 12.6 Å². The second-order valence-electron chi connectivity index (χ2n) is 15.9. The molecule has 20 nitrogen and oxygen atoms in total. The number of nitrogens with zero attached hydrogens (tertiary/aromatic N) is 13. The van der Waals surface area contributed by atoms with Crippen molar-refractivity contribution in [2.24, 2.45) is 23.7 Å². The van der Waals surface area contributed by atoms with Crippen LogP contribution in [0.25, 0.3) is 27.8 Å². The van der Waals surface area contributed by atoms with Crippen LogP contribution >= 0.6 is 15.9 Å². The molecule has 0 radical (unpaired) electrons. The van der Waals surface area contributed by atoms with Crippen LogP contribution in [-0.2, 0) is 29.7 Å². The fourth-order valence-corrected chi connectivity index (χ4v) is 8.76. The standard InChI is InChI=1S/C40H48BrFN18O2/c1-21-8-9-30-26(11-21)49-31(14-46-38-55-40(53-35-24(41)12-48-60(35)38)57-16-23-7-6-10-45-28(23)18-57)59(30)15-22(2)37(61)51-29-19-58(17-25(29)42)39-52-34(32-36(54-39)56(4)20-47-32)50-27(13-44-3)33(43)62-5/h8-9,11-13,20,23,25,28-29,45H,2,6-7,10,14-19,43H2,1,3-5H3,(H,51,61)(H,46,53,55)(H,50,52,54)/b33-27-,44-13?/t23-,25+,28+,29+/m0/s1. The van der Waals surface area contributed by atoms with Crippen LogP contribution in [0, 0.1) is 12.8 Å². The van der Waals surface area contributed by atoms with E-state index in [4.69, 9.17) is 35.4 Å². The number of aliphatic imine (C=N–C) groups is 1. The lowest BCUT2D eigenvalue weighted by atomic mass is 9.94. The van der Waals surface area contributed by atoms with Crippen molar-refractivity contribution >= 4 is 79.6 Å². The number of nitrogens with one attached hydrogen (secondary N) is 4. The average molecular weight is 912 g/mol. The van der Waals surface area contributed by atoms with Crippen molar-refractivity contribution in [2.45, 2.75) is 51.1 Å². The molecule has 5 aromatic heterocycles. The number of fused-ring (bicyclic) bond motifs is 4. The first-order valence-electron chi connectivity index (χ1n) is 20.4. The number of halogens is 2. The number of methoxy groups -OCH3 is 1. The zero-order valence-electron chi connectivity index (χ0n) is 34.8. The minimum atomic E-state index is -1.42. The lowest BCUT2D eigenvalue weighted by Crippen LogP contribution is -2.42. The van der Waals surface area contributed by atoms with Gasteiger partial charge in [-0.2, -0.15) is 29.5 Å². The molecule has 3 aliphatic rings. The summed E-state index contributed by atoms with van der Waals surface area (Å²) in [5, 5.41) is 17.7. The Balaban J connectivity index is 0.922. The largest absolute Gasteiger partial charge is 0.481 e. The van der Waals surface area contributed by atoms with Crippen LogP contribution < -0.4 is 36.8 Å². The molecule has 0 unspecified atom stereocenters. The topological polar surface area (TPSA) is 224 Å². The van der Waals surface area contributed by atoms with Crippen LogP contribution in [0.1, 0.15) is 24.2 Å². The Hall–Kier alpha value is -6.42. The van der Waals surface area contributed by atoms with E-state index >= 15 is 4.39 Å². The van der Waals surface area contributed by atoms with Gasteiger partial charge >= 0.3 is 0 Å². The van der Waals surface area contributed by atoms with Crippen molar-refractivity contribution in [1.82, 2.24) is 59.3 Å². The van der Waals surface area contributed by atoms with Crippen molar-refractivity contribution in [3.63, 3.8) is 0 Å². The molecular weight excluding hydrogens is 863 g/mol. The van der Waals surface area contributed by atoms with E-state index in [0.29, 0.717) is 58.0 Å². The van der Waals surface area contributed by atoms with Crippen molar-refractivity contribution in [1.29, 1.82) is 0 Å². The molecule has 0 aliphatic carbocycles. The van der Waals surface area contributed by atoms with E-state index in [1.165, 1.54) is 26.2 Å². The minimum Gasteiger partial charge on any atom is -0.481 e. The van der Waals surface area contributed by atoms with E-state index in [-0.39, 0.29) is 43.6 Å². The fourth-order valence-electron chi connectivity index (χ4n) is 8.41. The summed E-state index contributed by atoms with van der Waals surface area (Å²) in [6.45, 7) is 9.31. The van der Waals surface area contributed by atoms with E-state index < -0.39 is 18.1 Å². The van der Waals surface area contributed by atoms with E-state index in [0.717, 1.165) is 40.7 Å². The number of aryl methyl sites for hydroxylation is 2. The van der Waals surface area contributed by atoms with Crippen LogP contribution in [0.15, 0.2) is 63.9 Å². The van der Waals surface area contributed by atoms with E-state index in [9.17, 15) is 4.79 Å². The summed E-state index contributed by atoms with van der Waals surface area (Å²) < 4.78 is 27.1. The van der Waals surface area contributed by atoms with Crippen LogP contribution in [0.2, 0.25) is 0 Å². The SMILES string of the molecule is C=C(Cn1c(CNc2nc(N3C[C@@H]4CCCN[C@@H]4C3)nc3c(Br)cnn23)nc2cc(C)ccc21)C(=O)N[C@@H]1CN(c2nc(N/C(C=NC)=C(/N)OC)c3ncn(C)c3n2)C[C@H]1F. The maximum absolute atomic E-state index is 15.8. The molecule has 3 saturated heterocycles. The van der Waals surface area contributed by atoms with Gasteiger partial charge in [0.15, 0.2) is 22.6 Å². The van der Waals surface area contributed by atoms with Crippen molar-refractivity contribution in [3.8, 4) is 0 Å². The molecule has 22 heteroatoms. The first kappa shape index (κ1) is 41.0. The number of piperidine rings is 1. The summed E-state index contributed by atoms with van der Waals surface area (Å²) in [7, 11) is 4.84. The zero-order valence-corrected chi connectivity index (χ0v) is 36.4. The number of hydrogen-bond donors (Lipinski definition) is 5. The summed E-state index contributed by atoms with van der Waals surface area (Å²) in [5.41, 5.74) is 10.9. The highest BCUT2D eigenvalue weighted by Gasteiger charge is 2.37. The van der Waals surface area contributed by atoms with Gasteiger partial charge in [-0.3, -0.25) is 9.79 Å². The predicted molar refractivity (Wildman–Crippen MR) is 238 cm³/mol. The van der Waals surface area contributed by atoms with Gasteiger partial charge in [0.2, 0.25) is 29.6 Å². The van der Waals surface area contributed by atoms with Crippen LogP contribution in [0.3, 0.4) is 0 Å². The lowest BCUT2D eigenvalue weighted by Gasteiger charge is -2.24. The van der Waals surface area contributed by atoms with Crippen molar-refractivity contribution < 1.29 is 13.9 Å². The first-order valence-corrected chi connectivity index (χ1v) is 21.2. The first-order chi connectivity index (χ1) is 30.0. The Bertz CT molecular complexity index is 2750. The minimum absolute atomic E-state index is 0.0540. The molecule has 324 valence electrons. The van der Waals surface area contributed by atoms with Crippen molar-refractivity contribution in [3.05, 3.63) is 70.3 Å². The fraction of sp³-hybridized carbons (Fsp3) is 0.425. The Morgan fingerprint density at radius 3 is 2.74 bits per heavy atom. The van der Waals surface area contributed by atoms with Crippen LogP contribution in [0.5, 0.6) is 0 Å². The summed E-state index contributed by atoms with van der Waals surface area (Å²) in [5.74, 6) is 2.51. The number of ether oxygens (including phenoxy) is 1. The molecule has 6 N–H and O–H groups in total. The highest BCUT2D eigenvalue weighted by molar-refractivity contribution is 9.10. The van der Waals surface area contributed by atoms with Crippen LogP contribution in [0.4, 0.5) is 28.1 Å². The summed E-state index contributed by atoms with van der Waals surface area (Å²) >= 11 is 3.62. The summed E-state index contributed by atoms with van der Waals surface area (Å²) in [4.78, 5) is 50.5. The van der Waals surface area contributed by atoms with Gasteiger partial charge in [-0.25, -0.2) is 14.4 Å². The maximum Gasteiger partial charge on any atom is 0.248 e. The number of imidazole rings is 2. The van der Waals surface area contributed by atoms with Gasteiger partial charge in [-0.05, 0) is 65.9 Å². The molecule has 9 rings (SSSR count). The number of nitrogens with two attached hydrogens (primary N) is 1. The zero-order chi connectivity index (χ0) is 43.2. The molecule has 6 aromatic rings. The highest BCUT2D eigenvalue weighted by atomic mass is 79.9. The third-order valence-electron chi connectivity index (χ3n) is 11.6. The molecule has 8 heterocycles. The molecule has 3 aliphatic heterocycles. The number of rotatable bonds is 13. The third kappa shape index (κ3) is 7.83. The van der Waals surface area contributed by atoms with Gasteiger partial charge in [0, 0.05) is 51.6 Å². The normalized spacial score (nSPS) is 20.7. The number of benzene rings is 1. The highest BCUT2D eigenvalue weighted by Crippen LogP contribution is 2.31. The quantitative estimate of drug-likeness (QED) is 0.0639. The number of amides is 1. The van der Waals surface area contributed by atoms with Gasteiger partial charge in [0.1, 0.15) is 17.7 Å². The number of allylic oxidation sites excluding steroid dienone is 1. The predicted octanol–water partition coefficient (Wildman–Crippen LogP) is 2.81. The number of alkyl halides is 1. The second-order valence-corrected chi connectivity index (χ2v) is 16.8. The number of anilines is 4. The number of carbonyl (C=O) groups excluding carboxylic acids is 1. The molecule has 0 spiro atoms. The summed E-state index contributed by atoms with van der Waals surface area (Å²) in [6.07, 6.45) is 5.74. The molecule has 0 bridgehead atoms. The Kier molecular flexibility index (Phi) is 11.1. The molecular formula is C40H48BrFN18O2. The molecule has 4 atom stereocenters. The van der Waals surface area contributed by atoms with Gasteiger partial charge in [-0.15, -0.1) is 0 Å². The third-order valence-corrected chi connectivity index (χ3v) is 12.2. The monoisotopic (exact) mass is 910 g/mol. The maximum atomic E-state index is 15.8. The number of hydrogen-bond acceptors (Lipinski definition) is 16. The lowest BCUT2D eigenvalue weighted by molar-refractivity contribution is -0.118. The molecule has 62 heavy (non-hydrogen) atoms. The van der Waals surface area contributed by atoms with E-state index in [2.05, 4.69) is 63.8 Å². The second kappa shape index (κ2) is 16.8. The Labute approximate surface area is 364 Å². The van der Waals surface area contributed by atoms with E-state index in [1.807, 2.05) is 29.7 Å². The number of carbonyl (C=O) groups is 1. The molecule has 1 amide bonds. The van der Waals surface area contributed by atoms with E-state index in [1.54, 1.807) is 40.6 Å². The summed E-state index contributed by atoms with van der Waals surface area (Å²) in [6, 6.07) is 5.52. The Morgan fingerprint density at radius 1 is 1.13 bits per heavy atom. The molecule has 1 aromatic carbocycles. The molecule has 3 fully saturated rings. The smallest absolute Gasteiger partial charge is 0.248 e. The number of aromatic nitrogens is 10. The van der Waals surface area contributed by atoms with Gasteiger partial charge in [0.05, 0.1) is 60.8 Å². The van der Waals surface area contributed by atoms with Gasteiger partial charge < -0.3 is 50.7 Å². The van der Waals surface area contributed by atoms with Crippen molar-refractivity contribution in [2.75, 3.05) is 67.3 Å². The Morgan fingerprint density at radius 2 is 1.94 bits per heavy atom. The van der Waals surface area contributed by atoms with Gasteiger partial charge in [0.25, 0.3) is 0 Å². The van der Waals surface area contributed by atoms with Crippen LogP contribution in [-0.4, -0.2) is 126 Å². The average Bonchev–Trinajstić information content (AvgIpc) is 4.10.